The summed E-state index contributed by atoms with van der Waals surface area (Å²) in [6, 6.07) is 22.3. The van der Waals surface area contributed by atoms with Gasteiger partial charge in [0.2, 0.25) is 0 Å². The summed E-state index contributed by atoms with van der Waals surface area (Å²) < 4.78 is 10.7. The van der Waals surface area contributed by atoms with E-state index in [-0.39, 0.29) is 5.91 Å². The van der Waals surface area contributed by atoms with Crippen molar-refractivity contribution in [2.24, 2.45) is 0 Å². The van der Waals surface area contributed by atoms with Crippen molar-refractivity contribution in [3.05, 3.63) is 90.0 Å². The molecule has 2 amide bonds. The molecule has 0 bridgehead atoms. The summed E-state index contributed by atoms with van der Waals surface area (Å²) in [6.45, 7) is 2.90. The van der Waals surface area contributed by atoms with Gasteiger partial charge < -0.3 is 20.1 Å². The highest BCUT2D eigenvalue weighted by atomic mass is 16.5. The Bertz CT molecular complexity index is 1080. The number of hydrogen-bond donors (Lipinski definition) is 2. The van der Waals surface area contributed by atoms with E-state index in [1.54, 1.807) is 42.5 Å². The standard InChI is InChI=1S/C25H24N2O5/c1-17-7-6-8-19(15-17)24(29)26-18(2)25(30)31-16-23(28)27-20-11-13-22(14-12-20)32-21-9-4-3-5-10-21/h3-15,18H,16H2,1-2H3,(H,26,29)(H,27,28)/t18-/m0/s1. The minimum Gasteiger partial charge on any atom is -0.457 e. The van der Waals surface area contributed by atoms with Gasteiger partial charge in [0.05, 0.1) is 0 Å². The lowest BCUT2D eigenvalue weighted by molar-refractivity contribution is -0.148. The number of rotatable bonds is 8. The smallest absolute Gasteiger partial charge is 0.328 e. The Kier molecular flexibility index (Phi) is 7.59. The van der Waals surface area contributed by atoms with Crippen LogP contribution in [0.4, 0.5) is 5.69 Å². The zero-order chi connectivity index (χ0) is 22.9. The van der Waals surface area contributed by atoms with Crippen LogP contribution in [0.15, 0.2) is 78.9 Å². The first-order valence-electron chi connectivity index (χ1n) is 10.1. The van der Waals surface area contributed by atoms with E-state index in [1.807, 2.05) is 43.3 Å². The topological polar surface area (TPSA) is 93.7 Å². The summed E-state index contributed by atoms with van der Waals surface area (Å²) in [7, 11) is 0. The van der Waals surface area contributed by atoms with Gasteiger partial charge in [-0.05, 0) is 62.4 Å². The van der Waals surface area contributed by atoms with E-state index in [4.69, 9.17) is 9.47 Å². The first-order chi connectivity index (χ1) is 15.4. The molecular weight excluding hydrogens is 408 g/mol. The molecule has 3 aromatic carbocycles. The van der Waals surface area contributed by atoms with Crippen LogP contribution >= 0.6 is 0 Å². The van der Waals surface area contributed by atoms with E-state index < -0.39 is 24.5 Å². The molecule has 7 nitrogen and oxygen atoms in total. The number of para-hydroxylation sites is 1. The van der Waals surface area contributed by atoms with Gasteiger partial charge in [-0.3, -0.25) is 9.59 Å². The summed E-state index contributed by atoms with van der Waals surface area (Å²) >= 11 is 0. The van der Waals surface area contributed by atoms with Crippen molar-refractivity contribution in [3.63, 3.8) is 0 Å². The number of amides is 2. The van der Waals surface area contributed by atoms with Gasteiger partial charge in [0, 0.05) is 11.3 Å². The number of hydrogen-bond acceptors (Lipinski definition) is 5. The molecule has 0 saturated carbocycles. The summed E-state index contributed by atoms with van der Waals surface area (Å²) in [4.78, 5) is 36.4. The number of nitrogens with one attached hydrogen (secondary N) is 2. The maximum absolute atomic E-state index is 12.2. The van der Waals surface area contributed by atoms with Crippen LogP contribution in [0.3, 0.4) is 0 Å². The lowest BCUT2D eigenvalue weighted by Gasteiger charge is -2.14. The lowest BCUT2D eigenvalue weighted by Crippen LogP contribution is -2.40. The van der Waals surface area contributed by atoms with Gasteiger partial charge in [0.25, 0.3) is 11.8 Å². The third-order valence-electron chi connectivity index (χ3n) is 4.44. The molecule has 7 heteroatoms. The molecule has 1 atom stereocenters. The highest BCUT2D eigenvalue weighted by molar-refractivity contribution is 5.97. The van der Waals surface area contributed by atoms with E-state index in [2.05, 4.69) is 10.6 Å². The summed E-state index contributed by atoms with van der Waals surface area (Å²) in [6.07, 6.45) is 0. The highest BCUT2D eigenvalue weighted by Gasteiger charge is 2.19. The predicted molar refractivity (Wildman–Crippen MR) is 121 cm³/mol. The quantitative estimate of drug-likeness (QED) is 0.523. The molecule has 2 N–H and O–H groups in total. The molecule has 0 saturated heterocycles. The SMILES string of the molecule is Cc1cccc(C(=O)N[C@@H](C)C(=O)OCC(=O)Nc2ccc(Oc3ccccc3)cc2)c1. The Labute approximate surface area is 186 Å². The van der Waals surface area contributed by atoms with Crippen molar-refractivity contribution in [2.75, 3.05) is 11.9 Å². The van der Waals surface area contributed by atoms with Crippen molar-refractivity contribution in [3.8, 4) is 11.5 Å². The number of carbonyl (C=O) groups is 3. The van der Waals surface area contributed by atoms with Gasteiger partial charge >= 0.3 is 5.97 Å². The number of ether oxygens (including phenoxy) is 2. The lowest BCUT2D eigenvalue weighted by atomic mass is 10.1. The van der Waals surface area contributed by atoms with Gasteiger partial charge in [-0.15, -0.1) is 0 Å². The maximum Gasteiger partial charge on any atom is 0.328 e. The summed E-state index contributed by atoms with van der Waals surface area (Å²) in [5.41, 5.74) is 1.92. The molecule has 164 valence electrons. The zero-order valence-electron chi connectivity index (χ0n) is 17.8. The van der Waals surface area contributed by atoms with Gasteiger partial charge in [-0.25, -0.2) is 4.79 Å². The third kappa shape index (κ3) is 6.70. The number of anilines is 1. The van der Waals surface area contributed by atoms with Crippen molar-refractivity contribution >= 4 is 23.5 Å². The van der Waals surface area contributed by atoms with Gasteiger partial charge in [0.15, 0.2) is 6.61 Å². The van der Waals surface area contributed by atoms with Crippen LogP contribution in [0.25, 0.3) is 0 Å². The van der Waals surface area contributed by atoms with Crippen LogP contribution in [-0.4, -0.2) is 30.4 Å². The summed E-state index contributed by atoms with van der Waals surface area (Å²) in [5, 5.41) is 5.20. The first kappa shape index (κ1) is 22.6. The largest absolute Gasteiger partial charge is 0.457 e. The third-order valence-corrected chi connectivity index (χ3v) is 4.44. The van der Waals surface area contributed by atoms with Gasteiger partial charge in [0.1, 0.15) is 17.5 Å². The molecule has 32 heavy (non-hydrogen) atoms. The molecule has 0 fully saturated rings. The normalized spacial score (nSPS) is 11.2. The Balaban J connectivity index is 1.43. The van der Waals surface area contributed by atoms with Crippen LogP contribution in [0, 0.1) is 6.92 Å². The zero-order valence-corrected chi connectivity index (χ0v) is 17.8. The van der Waals surface area contributed by atoms with Crippen LogP contribution in [-0.2, 0) is 14.3 Å². The fourth-order valence-electron chi connectivity index (χ4n) is 2.81. The second kappa shape index (κ2) is 10.8. The average Bonchev–Trinajstić information content (AvgIpc) is 2.79. The molecule has 0 radical (unpaired) electrons. The Morgan fingerprint density at radius 2 is 1.56 bits per heavy atom. The predicted octanol–water partition coefficient (Wildman–Crippen LogP) is 4.09. The molecule has 0 heterocycles. The molecular formula is C25H24N2O5. The van der Waals surface area contributed by atoms with Gasteiger partial charge in [-0.1, -0.05) is 35.9 Å². The van der Waals surface area contributed by atoms with Crippen LogP contribution in [0.1, 0.15) is 22.8 Å². The van der Waals surface area contributed by atoms with Crippen molar-refractivity contribution in [1.82, 2.24) is 5.32 Å². The number of esters is 1. The van der Waals surface area contributed by atoms with E-state index in [0.29, 0.717) is 22.7 Å². The Morgan fingerprint density at radius 1 is 0.875 bits per heavy atom. The molecule has 0 aliphatic carbocycles. The van der Waals surface area contributed by atoms with Crippen molar-refractivity contribution < 1.29 is 23.9 Å². The van der Waals surface area contributed by atoms with Crippen LogP contribution in [0.2, 0.25) is 0 Å². The number of benzene rings is 3. The van der Waals surface area contributed by atoms with E-state index in [1.165, 1.54) is 6.92 Å². The monoisotopic (exact) mass is 432 g/mol. The Hall–Kier alpha value is -4.13. The van der Waals surface area contributed by atoms with E-state index in [0.717, 1.165) is 5.56 Å². The fourth-order valence-corrected chi connectivity index (χ4v) is 2.81. The van der Waals surface area contributed by atoms with Crippen LogP contribution < -0.4 is 15.4 Å². The Morgan fingerprint density at radius 3 is 2.25 bits per heavy atom. The molecule has 0 aliphatic heterocycles. The minimum absolute atomic E-state index is 0.389. The van der Waals surface area contributed by atoms with Crippen molar-refractivity contribution in [2.45, 2.75) is 19.9 Å². The maximum atomic E-state index is 12.2. The molecule has 0 spiro atoms. The molecule has 0 unspecified atom stereocenters. The molecule has 3 rings (SSSR count). The van der Waals surface area contributed by atoms with Crippen molar-refractivity contribution in [1.29, 1.82) is 0 Å². The fraction of sp³-hybridized carbons (Fsp3) is 0.160. The van der Waals surface area contributed by atoms with Crippen LogP contribution in [0.5, 0.6) is 11.5 Å². The molecule has 0 aromatic heterocycles. The molecule has 0 aliphatic rings. The number of aryl methyl sites for hydroxylation is 1. The van der Waals surface area contributed by atoms with Gasteiger partial charge in [-0.2, -0.15) is 0 Å². The average molecular weight is 432 g/mol. The van der Waals surface area contributed by atoms with E-state index in [9.17, 15) is 14.4 Å². The minimum atomic E-state index is -0.898. The number of carbonyl (C=O) groups excluding carboxylic acids is 3. The first-order valence-corrected chi connectivity index (χ1v) is 10.1. The summed E-state index contributed by atoms with van der Waals surface area (Å²) in [5.74, 6) is -0.251. The second-order valence-corrected chi connectivity index (χ2v) is 7.16. The second-order valence-electron chi connectivity index (χ2n) is 7.16. The highest BCUT2D eigenvalue weighted by Crippen LogP contribution is 2.22. The van der Waals surface area contributed by atoms with E-state index >= 15 is 0 Å². The molecule has 3 aromatic rings.